The summed E-state index contributed by atoms with van der Waals surface area (Å²) in [4.78, 5) is 17.2. The fraction of sp³-hybridized carbons (Fsp3) is 0.240. The lowest BCUT2D eigenvalue weighted by atomic mass is 10.2. The number of aromatic nitrogens is 1. The first-order valence-corrected chi connectivity index (χ1v) is 13.9. The van der Waals surface area contributed by atoms with Gasteiger partial charge < -0.3 is 9.80 Å². The maximum atomic E-state index is 13.1. The van der Waals surface area contributed by atoms with E-state index >= 15 is 0 Å². The van der Waals surface area contributed by atoms with Crippen LogP contribution in [0.1, 0.15) is 5.56 Å². The van der Waals surface area contributed by atoms with Crippen LogP contribution in [0.4, 0.5) is 11.4 Å². The third-order valence-electron chi connectivity index (χ3n) is 6.19. The standard InChI is InChI=1S/C25H25ClN4O3S2/c1-28-12-14-29(15-13-28)21-8-6-20(7-9-21)27-35(32,33)22-10-11-23-24(16-22)34-25(31)30(23)17-18-2-4-19(26)5-3-18/h2-11,16,27H,12-15,17H2,1H3. The van der Waals surface area contributed by atoms with Crippen LogP contribution in [0.2, 0.25) is 5.02 Å². The van der Waals surface area contributed by atoms with E-state index in [1.54, 1.807) is 41.0 Å². The molecule has 0 spiro atoms. The van der Waals surface area contributed by atoms with Crippen molar-refractivity contribution in [2.24, 2.45) is 0 Å². The molecule has 1 aromatic heterocycles. The molecule has 10 heteroatoms. The molecule has 1 fully saturated rings. The minimum absolute atomic E-state index is 0.119. The van der Waals surface area contributed by atoms with Gasteiger partial charge in [0.2, 0.25) is 0 Å². The van der Waals surface area contributed by atoms with Crippen molar-refractivity contribution < 1.29 is 8.42 Å². The molecule has 3 aromatic carbocycles. The predicted octanol–water partition coefficient (Wildman–Crippen LogP) is 4.32. The number of fused-ring (bicyclic) bond motifs is 1. The van der Waals surface area contributed by atoms with Gasteiger partial charge in [0.05, 0.1) is 21.7 Å². The minimum Gasteiger partial charge on any atom is -0.369 e. The number of halogens is 1. The van der Waals surface area contributed by atoms with Crippen molar-refractivity contribution in [3.8, 4) is 0 Å². The molecular formula is C25H25ClN4O3S2. The second-order valence-electron chi connectivity index (χ2n) is 8.65. The molecule has 0 bridgehead atoms. The summed E-state index contributed by atoms with van der Waals surface area (Å²) in [6.45, 7) is 4.29. The minimum atomic E-state index is -3.81. The van der Waals surface area contributed by atoms with Crippen LogP contribution >= 0.6 is 22.9 Å². The Labute approximate surface area is 213 Å². The van der Waals surface area contributed by atoms with E-state index < -0.39 is 10.0 Å². The van der Waals surface area contributed by atoms with Crippen molar-refractivity contribution in [2.45, 2.75) is 11.4 Å². The third kappa shape index (κ3) is 5.23. The maximum Gasteiger partial charge on any atom is 0.308 e. The van der Waals surface area contributed by atoms with Gasteiger partial charge in [-0.2, -0.15) is 0 Å². The second-order valence-corrected chi connectivity index (χ2v) is 11.8. The van der Waals surface area contributed by atoms with Gasteiger partial charge in [-0.3, -0.25) is 14.1 Å². The van der Waals surface area contributed by atoms with Gasteiger partial charge in [0, 0.05) is 42.6 Å². The summed E-state index contributed by atoms with van der Waals surface area (Å²) in [6, 6.07) is 19.5. The number of likely N-dealkylation sites (N-methyl/N-ethyl adjacent to an activating group) is 1. The van der Waals surface area contributed by atoms with E-state index in [0.717, 1.165) is 48.8 Å². The zero-order chi connectivity index (χ0) is 24.6. The fourth-order valence-electron chi connectivity index (χ4n) is 4.15. The highest BCUT2D eigenvalue weighted by atomic mass is 35.5. The first kappa shape index (κ1) is 23.9. The van der Waals surface area contributed by atoms with Crippen LogP contribution in [0.5, 0.6) is 0 Å². The van der Waals surface area contributed by atoms with Crippen molar-refractivity contribution >= 4 is 54.6 Å². The number of thiazole rings is 1. The molecule has 35 heavy (non-hydrogen) atoms. The van der Waals surface area contributed by atoms with Crippen LogP contribution in [-0.2, 0) is 16.6 Å². The Morgan fingerprint density at radius 1 is 0.943 bits per heavy atom. The Balaban J connectivity index is 1.34. The molecule has 1 N–H and O–H groups in total. The Hall–Kier alpha value is -2.85. The lowest BCUT2D eigenvalue weighted by Gasteiger charge is -2.34. The summed E-state index contributed by atoms with van der Waals surface area (Å²) in [7, 11) is -1.70. The smallest absolute Gasteiger partial charge is 0.308 e. The van der Waals surface area contributed by atoms with Gasteiger partial charge in [0.15, 0.2) is 0 Å². The first-order chi connectivity index (χ1) is 16.8. The summed E-state index contributed by atoms with van der Waals surface area (Å²) in [5.41, 5.74) is 3.21. The Morgan fingerprint density at radius 2 is 1.63 bits per heavy atom. The average Bonchev–Trinajstić information content (AvgIpc) is 3.15. The SMILES string of the molecule is CN1CCN(c2ccc(NS(=O)(=O)c3ccc4c(c3)sc(=O)n4Cc3ccc(Cl)cc3)cc2)CC1. The number of benzene rings is 3. The number of anilines is 2. The summed E-state index contributed by atoms with van der Waals surface area (Å²) in [5, 5.41) is 0.632. The van der Waals surface area contributed by atoms with Crippen LogP contribution in [0.25, 0.3) is 10.2 Å². The number of nitrogens with zero attached hydrogens (tertiary/aromatic N) is 3. The first-order valence-electron chi connectivity index (χ1n) is 11.2. The molecule has 0 amide bonds. The van der Waals surface area contributed by atoms with Crippen molar-refractivity contribution in [1.82, 2.24) is 9.47 Å². The van der Waals surface area contributed by atoms with E-state index in [-0.39, 0.29) is 9.77 Å². The molecule has 1 aliphatic heterocycles. The van der Waals surface area contributed by atoms with E-state index in [1.165, 1.54) is 6.07 Å². The normalized spacial score (nSPS) is 15.0. The van der Waals surface area contributed by atoms with Gasteiger partial charge in [-0.05, 0) is 67.2 Å². The molecule has 1 aliphatic rings. The average molecular weight is 529 g/mol. The number of sulfonamides is 1. The molecule has 182 valence electrons. The van der Waals surface area contributed by atoms with Crippen LogP contribution in [0, 0.1) is 0 Å². The fourth-order valence-corrected chi connectivity index (χ4v) is 6.37. The predicted molar refractivity (Wildman–Crippen MR) is 144 cm³/mol. The number of hydrogen-bond donors (Lipinski definition) is 1. The topological polar surface area (TPSA) is 74.7 Å². The van der Waals surface area contributed by atoms with E-state index in [2.05, 4.69) is 21.6 Å². The third-order valence-corrected chi connectivity index (χ3v) is 8.76. The Kier molecular flexibility index (Phi) is 6.59. The van der Waals surface area contributed by atoms with Crippen LogP contribution in [0.3, 0.4) is 0 Å². The molecule has 7 nitrogen and oxygen atoms in total. The van der Waals surface area contributed by atoms with Crippen molar-refractivity contribution in [1.29, 1.82) is 0 Å². The zero-order valence-electron chi connectivity index (χ0n) is 19.1. The highest BCUT2D eigenvalue weighted by molar-refractivity contribution is 7.92. The Bertz CT molecular complexity index is 1510. The van der Waals surface area contributed by atoms with Gasteiger partial charge >= 0.3 is 4.87 Å². The second kappa shape index (κ2) is 9.66. The molecule has 4 aromatic rings. The molecule has 0 unspecified atom stereocenters. The van der Waals surface area contributed by atoms with Gasteiger partial charge in [-0.15, -0.1) is 0 Å². The lowest BCUT2D eigenvalue weighted by Crippen LogP contribution is -2.44. The van der Waals surface area contributed by atoms with Gasteiger partial charge in [-0.1, -0.05) is 35.1 Å². The summed E-state index contributed by atoms with van der Waals surface area (Å²) in [5.74, 6) is 0. The zero-order valence-corrected chi connectivity index (χ0v) is 21.5. The van der Waals surface area contributed by atoms with E-state index in [1.807, 2.05) is 24.3 Å². The van der Waals surface area contributed by atoms with Crippen molar-refractivity contribution in [3.63, 3.8) is 0 Å². The number of piperazine rings is 1. The highest BCUT2D eigenvalue weighted by Crippen LogP contribution is 2.26. The molecule has 1 saturated heterocycles. The number of rotatable bonds is 6. The van der Waals surface area contributed by atoms with Crippen molar-refractivity contribution in [3.05, 3.63) is 87.0 Å². The number of hydrogen-bond acceptors (Lipinski definition) is 6. The Morgan fingerprint density at radius 3 is 2.31 bits per heavy atom. The molecule has 0 saturated carbocycles. The summed E-state index contributed by atoms with van der Waals surface area (Å²) < 4.78 is 31.0. The van der Waals surface area contributed by atoms with Gasteiger partial charge in [-0.25, -0.2) is 8.42 Å². The van der Waals surface area contributed by atoms with Crippen LogP contribution in [0.15, 0.2) is 76.4 Å². The molecule has 0 aliphatic carbocycles. The lowest BCUT2D eigenvalue weighted by molar-refractivity contribution is 0.313. The summed E-state index contributed by atoms with van der Waals surface area (Å²) >= 11 is 6.99. The van der Waals surface area contributed by atoms with E-state index in [4.69, 9.17) is 11.6 Å². The largest absolute Gasteiger partial charge is 0.369 e. The van der Waals surface area contributed by atoms with E-state index in [9.17, 15) is 13.2 Å². The van der Waals surface area contributed by atoms with Gasteiger partial charge in [0.25, 0.3) is 10.0 Å². The van der Waals surface area contributed by atoms with Crippen molar-refractivity contribution in [2.75, 3.05) is 42.8 Å². The number of nitrogens with one attached hydrogen (secondary N) is 1. The monoisotopic (exact) mass is 528 g/mol. The van der Waals surface area contributed by atoms with Crippen LogP contribution in [-0.4, -0.2) is 51.1 Å². The molecule has 2 heterocycles. The van der Waals surface area contributed by atoms with Crippen LogP contribution < -0.4 is 14.5 Å². The maximum absolute atomic E-state index is 13.1. The molecule has 0 radical (unpaired) electrons. The highest BCUT2D eigenvalue weighted by Gasteiger charge is 2.18. The van der Waals surface area contributed by atoms with Gasteiger partial charge in [0.1, 0.15) is 0 Å². The van der Waals surface area contributed by atoms with E-state index in [0.29, 0.717) is 27.5 Å². The molecule has 0 atom stereocenters. The summed E-state index contributed by atoms with van der Waals surface area (Å²) in [6.07, 6.45) is 0. The molecular weight excluding hydrogens is 504 g/mol. The molecule has 5 rings (SSSR count). The quantitative estimate of drug-likeness (QED) is 0.403.